The minimum Gasteiger partial charge on any atom is -0.489 e. The van der Waals surface area contributed by atoms with Crippen molar-refractivity contribution < 1.29 is 14.2 Å². The summed E-state index contributed by atoms with van der Waals surface area (Å²) in [6.07, 6.45) is 0.854. The van der Waals surface area contributed by atoms with Gasteiger partial charge in [-0.1, -0.05) is 11.6 Å². The van der Waals surface area contributed by atoms with Crippen LogP contribution in [0.4, 0.5) is 0 Å². The highest BCUT2D eigenvalue weighted by Gasteiger charge is 2.15. The van der Waals surface area contributed by atoms with Crippen molar-refractivity contribution in [3.8, 4) is 11.5 Å². The number of ether oxygens (including phenoxy) is 3. The van der Waals surface area contributed by atoms with E-state index in [0.717, 1.165) is 12.0 Å². The number of guanidine groups is 1. The molecule has 2 rings (SSSR count). The lowest BCUT2D eigenvalue weighted by molar-refractivity contribution is 0.179. The third-order valence-electron chi connectivity index (χ3n) is 3.35. The number of methoxy groups -OCH3 is 1. The number of benzene rings is 1. The van der Waals surface area contributed by atoms with E-state index in [2.05, 4.69) is 15.6 Å². The maximum absolute atomic E-state index is 6.30. The fraction of sp³-hybridized carbons (Fsp3) is 0.562. The molecule has 24 heavy (non-hydrogen) atoms. The number of aliphatic imine (C=N–C) groups is 1. The maximum atomic E-state index is 6.30. The Kier molecular flexibility index (Phi) is 9.53. The van der Waals surface area contributed by atoms with Crippen LogP contribution in [0.25, 0.3) is 0 Å². The highest BCUT2D eigenvalue weighted by molar-refractivity contribution is 14.0. The normalized spacial score (nSPS) is 15.1. The fourth-order valence-corrected chi connectivity index (χ4v) is 2.58. The van der Waals surface area contributed by atoms with Crippen molar-refractivity contribution in [2.24, 2.45) is 4.99 Å². The zero-order valence-electron chi connectivity index (χ0n) is 14.2. The van der Waals surface area contributed by atoms with Crippen molar-refractivity contribution >= 4 is 41.5 Å². The summed E-state index contributed by atoms with van der Waals surface area (Å²) in [5.74, 6) is 2.03. The van der Waals surface area contributed by atoms with E-state index in [4.69, 9.17) is 25.8 Å². The molecule has 0 aromatic heterocycles. The van der Waals surface area contributed by atoms with Gasteiger partial charge >= 0.3 is 0 Å². The Morgan fingerprint density at radius 1 is 1.38 bits per heavy atom. The van der Waals surface area contributed by atoms with E-state index < -0.39 is 0 Å². The highest BCUT2D eigenvalue weighted by Crippen LogP contribution is 2.37. The Labute approximate surface area is 165 Å². The average Bonchev–Trinajstić information content (AvgIpc) is 2.77. The van der Waals surface area contributed by atoms with E-state index in [1.54, 1.807) is 14.2 Å². The van der Waals surface area contributed by atoms with Gasteiger partial charge in [0, 0.05) is 33.2 Å². The molecule has 0 saturated heterocycles. The number of hydrogen-bond acceptors (Lipinski definition) is 4. The second kappa shape index (κ2) is 10.8. The van der Waals surface area contributed by atoms with Crippen LogP contribution in [0.1, 0.15) is 18.9 Å². The van der Waals surface area contributed by atoms with Crippen molar-refractivity contribution in [1.29, 1.82) is 0 Å². The first-order chi connectivity index (χ1) is 11.1. The molecule has 8 heteroatoms. The van der Waals surface area contributed by atoms with Gasteiger partial charge in [0.1, 0.15) is 0 Å². The number of rotatable bonds is 5. The average molecular weight is 470 g/mol. The van der Waals surface area contributed by atoms with Gasteiger partial charge in [-0.25, -0.2) is 0 Å². The van der Waals surface area contributed by atoms with Crippen molar-refractivity contribution in [1.82, 2.24) is 10.6 Å². The van der Waals surface area contributed by atoms with Gasteiger partial charge in [0.2, 0.25) is 0 Å². The molecule has 1 aliphatic heterocycles. The monoisotopic (exact) mass is 469 g/mol. The lowest BCUT2D eigenvalue weighted by Crippen LogP contribution is -2.43. The van der Waals surface area contributed by atoms with E-state index >= 15 is 0 Å². The molecule has 0 radical (unpaired) electrons. The fourth-order valence-electron chi connectivity index (χ4n) is 2.29. The molecule has 1 unspecified atom stereocenters. The molecule has 1 aromatic carbocycles. The molecule has 0 aliphatic carbocycles. The number of nitrogens with one attached hydrogen (secondary N) is 2. The number of nitrogens with zero attached hydrogens (tertiary/aromatic N) is 1. The van der Waals surface area contributed by atoms with Gasteiger partial charge in [0.05, 0.1) is 24.8 Å². The topological polar surface area (TPSA) is 64.1 Å². The first kappa shape index (κ1) is 21.1. The summed E-state index contributed by atoms with van der Waals surface area (Å²) in [7, 11) is 3.41. The first-order valence-corrected chi connectivity index (χ1v) is 8.06. The molecule has 0 bridgehead atoms. The molecule has 0 spiro atoms. The van der Waals surface area contributed by atoms with Crippen LogP contribution in [0.3, 0.4) is 0 Å². The third kappa shape index (κ3) is 6.18. The second-order valence-corrected chi connectivity index (χ2v) is 5.79. The Morgan fingerprint density at radius 3 is 2.83 bits per heavy atom. The number of fused-ring (bicyclic) bond motifs is 1. The zero-order chi connectivity index (χ0) is 16.7. The molecule has 1 heterocycles. The van der Waals surface area contributed by atoms with E-state index in [9.17, 15) is 0 Å². The Morgan fingerprint density at radius 2 is 2.12 bits per heavy atom. The molecule has 0 amide bonds. The Balaban J connectivity index is 0.00000288. The van der Waals surface area contributed by atoms with Crippen LogP contribution in [-0.2, 0) is 11.3 Å². The van der Waals surface area contributed by atoms with Crippen molar-refractivity contribution in [2.75, 3.05) is 34.0 Å². The minimum absolute atomic E-state index is 0. The largest absolute Gasteiger partial charge is 0.489 e. The molecule has 6 nitrogen and oxygen atoms in total. The summed E-state index contributed by atoms with van der Waals surface area (Å²) in [5, 5.41) is 7.07. The molecular weight excluding hydrogens is 445 g/mol. The quantitative estimate of drug-likeness (QED) is 0.394. The smallest absolute Gasteiger partial charge is 0.191 e. The van der Waals surface area contributed by atoms with Crippen LogP contribution in [0.5, 0.6) is 11.5 Å². The van der Waals surface area contributed by atoms with Crippen molar-refractivity contribution in [3.63, 3.8) is 0 Å². The minimum atomic E-state index is 0. The van der Waals surface area contributed by atoms with Crippen LogP contribution in [-0.4, -0.2) is 46.0 Å². The van der Waals surface area contributed by atoms with Gasteiger partial charge in [0.25, 0.3) is 0 Å². The first-order valence-electron chi connectivity index (χ1n) is 7.68. The number of halogens is 2. The summed E-state index contributed by atoms with van der Waals surface area (Å²) in [5.41, 5.74) is 1.00. The highest BCUT2D eigenvalue weighted by atomic mass is 127. The molecule has 0 saturated carbocycles. The lowest BCUT2D eigenvalue weighted by atomic mass is 10.2. The van der Waals surface area contributed by atoms with E-state index in [0.29, 0.717) is 48.8 Å². The van der Waals surface area contributed by atoms with Crippen molar-refractivity contribution in [2.45, 2.75) is 25.9 Å². The lowest BCUT2D eigenvalue weighted by Gasteiger charge is -2.18. The van der Waals surface area contributed by atoms with Gasteiger partial charge < -0.3 is 24.8 Å². The zero-order valence-corrected chi connectivity index (χ0v) is 17.3. The molecule has 1 aromatic rings. The second-order valence-electron chi connectivity index (χ2n) is 5.38. The van der Waals surface area contributed by atoms with Crippen LogP contribution in [0, 0.1) is 0 Å². The Bertz CT molecular complexity index is 558. The van der Waals surface area contributed by atoms with Crippen LogP contribution in [0.15, 0.2) is 17.1 Å². The van der Waals surface area contributed by atoms with Gasteiger partial charge in [-0.3, -0.25) is 4.99 Å². The standard InChI is InChI=1S/C16H24ClN3O3.HI/c1-11(10-21-3)20-16(18-2)19-9-12-7-13(17)15-14(8-12)22-5-4-6-23-15;/h7-8,11H,4-6,9-10H2,1-3H3,(H2,18,19,20);1H. The summed E-state index contributed by atoms with van der Waals surface area (Å²) in [6.45, 7) is 4.48. The van der Waals surface area contributed by atoms with E-state index in [-0.39, 0.29) is 30.0 Å². The predicted molar refractivity (Wildman–Crippen MR) is 107 cm³/mol. The van der Waals surface area contributed by atoms with Gasteiger partial charge in [-0.05, 0) is 24.6 Å². The van der Waals surface area contributed by atoms with E-state index in [1.165, 1.54) is 0 Å². The molecular formula is C16H25ClIN3O3. The van der Waals surface area contributed by atoms with Crippen LogP contribution in [0.2, 0.25) is 5.02 Å². The Hall–Kier alpha value is -0.930. The van der Waals surface area contributed by atoms with Gasteiger partial charge in [-0.15, -0.1) is 24.0 Å². The molecule has 0 fully saturated rings. The molecule has 1 atom stereocenters. The van der Waals surface area contributed by atoms with Gasteiger partial charge in [-0.2, -0.15) is 0 Å². The molecule has 2 N–H and O–H groups in total. The third-order valence-corrected chi connectivity index (χ3v) is 3.63. The SMILES string of the molecule is CN=C(NCc1cc(Cl)c2c(c1)OCCCO2)NC(C)COC.I. The molecule has 136 valence electrons. The van der Waals surface area contributed by atoms with Crippen LogP contribution >= 0.6 is 35.6 Å². The van der Waals surface area contributed by atoms with Crippen LogP contribution < -0.4 is 20.1 Å². The number of hydrogen-bond donors (Lipinski definition) is 2. The maximum Gasteiger partial charge on any atom is 0.191 e. The van der Waals surface area contributed by atoms with Gasteiger partial charge in [0.15, 0.2) is 17.5 Å². The van der Waals surface area contributed by atoms with Crippen molar-refractivity contribution in [3.05, 3.63) is 22.7 Å². The summed E-state index contributed by atoms with van der Waals surface area (Å²) in [4.78, 5) is 4.20. The summed E-state index contributed by atoms with van der Waals surface area (Å²) >= 11 is 6.30. The summed E-state index contributed by atoms with van der Waals surface area (Å²) in [6, 6.07) is 4.00. The predicted octanol–water partition coefficient (Wildman–Crippen LogP) is 2.82. The van der Waals surface area contributed by atoms with E-state index in [1.807, 2.05) is 19.1 Å². The molecule has 1 aliphatic rings. The summed E-state index contributed by atoms with van der Waals surface area (Å²) < 4.78 is 16.4.